The quantitative estimate of drug-likeness (QED) is 0.486. The number of phenols is 1. The highest BCUT2D eigenvalue weighted by Gasteiger charge is 2.44. The van der Waals surface area contributed by atoms with E-state index in [1.807, 2.05) is 41.8 Å². The number of benzene rings is 2. The van der Waals surface area contributed by atoms with Gasteiger partial charge in [-0.05, 0) is 29.6 Å². The molecule has 0 radical (unpaired) electrons. The first-order valence-corrected chi connectivity index (χ1v) is 10.2. The Morgan fingerprint density at radius 3 is 2.80 bits per heavy atom. The first-order valence-electron chi connectivity index (χ1n) is 9.28. The van der Waals surface area contributed by atoms with Crippen LogP contribution in [0.15, 0.2) is 59.0 Å². The van der Waals surface area contributed by atoms with Gasteiger partial charge in [0.2, 0.25) is 12.0 Å². The van der Waals surface area contributed by atoms with Crippen LogP contribution < -0.4 is 9.47 Å². The molecule has 0 unspecified atom stereocenters. The molecule has 2 aliphatic heterocycles. The third kappa shape index (κ3) is 2.78. The molecule has 0 amide bonds. The maximum atomic E-state index is 11.9. The fourth-order valence-electron chi connectivity index (χ4n) is 4.00. The minimum Gasteiger partial charge on any atom is -0.504 e. The molecule has 0 aliphatic carbocycles. The van der Waals surface area contributed by atoms with Crippen molar-refractivity contribution in [1.82, 2.24) is 5.01 Å². The maximum absolute atomic E-state index is 11.9. The van der Waals surface area contributed by atoms with Crippen molar-refractivity contribution in [3.63, 3.8) is 0 Å². The number of ether oxygens (including phenoxy) is 2. The van der Waals surface area contributed by atoms with Gasteiger partial charge in [-0.25, -0.2) is 5.01 Å². The van der Waals surface area contributed by atoms with Crippen molar-refractivity contribution in [3.05, 3.63) is 80.0 Å². The van der Waals surface area contributed by atoms with Crippen molar-refractivity contribution >= 4 is 22.7 Å². The number of hydrogen-bond donors (Lipinski definition) is 1. The molecule has 2 atom stereocenters. The summed E-state index contributed by atoms with van der Waals surface area (Å²) in [6.07, 6.45) is -0.169. The number of nitro benzene ring substituents is 1. The zero-order valence-corrected chi connectivity index (χ0v) is 16.7. The molecule has 2 aliphatic rings. The van der Waals surface area contributed by atoms with E-state index in [1.54, 1.807) is 16.3 Å². The number of rotatable bonds is 4. The summed E-state index contributed by atoms with van der Waals surface area (Å²) < 4.78 is 11.3. The summed E-state index contributed by atoms with van der Waals surface area (Å²) >= 11 is 1.60. The highest BCUT2D eigenvalue weighted by Crippen LogP contribution is 2.51. The van der Waals surface area contributed by atoms with Gasteiger partial charge in [0.25, 0.3) is 0 Å². The van der Waals surface area contributed by atoms with Gasteiger partial charge in [0.15, 0.2) is 5.75 Å². The van der Waals surface area contributed by atoms with Crippen LogP contribution in [0.2, 0.25) is 0 Å². The number of aromatic hydroxyl groups is 1. The van der Waals surface area contributed by atoms with Crippen LogP contribution in [0.3, 0.4) is 0 Å². The number of phenolic OH excluding ortho intramolecular Hbond substituents is 1. The summed E-state index contributed by atoms with van der Waals surface area (Å²) in [6.45, 7) is 0. The van der Waals surface area contributed by atoms with Crippen LogP contribution in [0.1, 0.15) is 34.7 Å². The van der Waals surface area contributed by atoms with Crippen molar-refractivity contribution in [1.29, 1.82) is 0 Å². The Morgan fingerprint density at radius 2 is 2.07 bits per heavy atom. The lowest BCUT2D eigenvalue weighted by atomic mass is 9.97. The van der Waals surface area contributed by atoms with Gasteiger partial charge in [0.05, 0.1) is 34.2 Å². The Bertz CT molecular complexity index is 1160. The van der Waals surface area contributed by atoms with Crippen LogP contribution in [-0.4, -0.2) is 27.9 Å². The molecule has 30 heavy (non-hydrogen) atoms. The predicted octanol–water partition coefficient (Wildman–Crippen LogP) is 4.61. The average molecular weight is 423 g/mol. The third-order valence-corrected chi connectivity index (χ3v) is 6.22. The standard InChI is InChI=1S/C21H17N3O5S/c1-28-20-16(25)9-8-13(19(20)24(26)27)21-23-15(12-5-2-3-6-17(12)29-21)11-14(22-23)18-7-4-10-30-18/h2-10,15,21,25H,11H2,1H3/t15-,21+/m1/s1. The fourth-order valence-corrected chi connectivity index (χ4v) is 4.72. The largest absolute Gasteiger partial charge is 0.504 e. The molecule has 3 aromatic rings. The first-order chi connectivity index (χ1) is 14.6. The number of hydrogen-bond acceptors (Lipinski definition) is 8. The molecule has 3 heterocycles. The highest BCUT2D eigenvalue weighted by molar-refractivity contribution is 7.12. The van der Waals surface area contributed by atoms with Gasteiger partial charge in [0, 0.05) is 12.0 Å². The lowest BCUT2D eigenvalue weighted by molar-refractivity contribution is -0.387. The van der Waals surface area contributed by atoms with Gasteiger partial charge in [-0.2, -0.15) is 5.10 Å². The van der Waals surface area contributed by atoms with Crippen LogP contribution in [0.25, 0.3) is 0 Å². The summed E-state index contributed by atoms with van der Waals surface area (Å²) in [7, 11) is 1.29. The van der Waals surface area contributed by atoms with Crippen molar-refractivity contribution in [3.8, 4) is 17.2 Å². The van der Waals surface area contributed by atoms with E-state index in [2.05, 4.69) is 0 Å². The number of thiophene rings is 1. The molecule has 5 rings (SSSR count). The SMILES string of the molecule is COc1c(O)ccc([C@@H]2Oc3ccccc3[C@H]3CC(c4cccs4)=NN32)c1[N+](=O)[O-]. The summed E-state index contributed by atoms with van der Waals surface area (Å²) in [5.41, 5.74) is 1.83. The number of hydrazone groups is 1. The van der Waals surface area contributed by atoms with E-state index >= 15 is 0 Å². The molecule has 0 saturated heterocycles. The van der Waals surface area contributed by atoms with Crippen LogP contribution in [0.4, 0.5) is 5.69 Å². The number of nitrogens with zero attached hydrogens (tertiary/aromatic N) is 3. The summed E-state index contributed by atoms with van der Waals surface area (Å²) in [4.78, 5) is 12.4. The molecule has 152 valence electrons. The number of fused-ring (bicyclic) bond motifs is 3. The monoisotopic (exact) mass is 423 g/mol. The molecule has 1 N–H and O–H groups in total. The van der Waals surface area contributed by atoms with Gasteiger partial charge in [0.1, 0.15) is 5.75 Å². The van der Waals surface area contributed by atoms with E-state index in [9.17, 15) is 15.2 Å². The van der Waals surface area contributed by atoms with Crippen LogP contribution in [0, 0.1) is 10.1 Å². The Balaban J connectivity index is 1.68. The molecule has 0 fully saturated rings. The third-order valence-electron chi connectivity index (χ3n) is 5.30. The van der Waals surface area contributed by atoms with Crippen LogP contribution >= 0.6 is 11.3 Å². The molecule has 9 heteroatoms. The second kappa shape index (κ2) is 7.03. The molecule has 1 aromatic heterocycles. The smallest absolute Gasteiger partial charge is 0.323 e. The average Bonchev–Trinajstić information content (AvgIpc) is 3.43. The van der Waals surface area contributed by atoms with E-state index in [4.69, 9.17) is 14.6 Å². The molecule has 0 saturated carbocycles. The summed E-state index contributed by atoms with van der Waals surface area (Å²) in [5.74, 6) is 0.163. The van der Waals surface area contributed by atoms with E-state index in [0.717, 1.165) is 16.2 Å². The van der Waals surface area contributed by atoms with Gasteiger partial charge < -0.3 is 14.6 Å². The number of nitro groups is 1. The Morgan fingerprint density at radius 1 is 1.23 bits per heavy atom. The molecule has 2 aromatic carbocycles. The first kappa shape index (κ1) is 18.4. The number of para-hydroxylation sites is 1. The van der Waals surface area contributed by atoms with Crippen molar-refractivity contribution < 1.29 is 19.5 Å². The van der Waals surface area contributed by atoms with E-state index in [-0.39, 0.29) is 28.8 Å². The normalized spacial score (nSPS) is 19.5. The fraction of sp³-hybridized carbons (Fsp3) is 0.190. The molecule has 0 bridgehead atoms. The van der Waals surface area contributed by atoms with Crippen molar-refractivity contribution in [2.24, 2.45) is 5.10 Å². The maximum Gasteiger partial charge on any atom is 0.323 e. The lowest BCUT2D eigenvalue weighted by Crippen LogP contribution is -2.34. The van der Waals surface area contributed by atoms with E-state index < -0.39 is 11.2 Å². The summed E-state index contributed by atoms with van der Waals surface area (Å²) in [6, 6.07) is 14.4. The Labute approximate surface area is 175 Å². The zero-order chi connectivity index (χ0) is 20.8. The van der Waals surface area contributed by atoms with Gasteiger partial charge in [-0.15, -0.1) is 11.3 Å². The molecule has 8 nitrogen and oxygen atoms in total. The lowest BCUT2D eigenvalue weighted by Gasteiger charge is -2.38. The van der Waals surface area contributed by atoms with Crippen molar-refractivity contribution in [2.75, 3.05) is 7.11 Å². The highest BCUT2D eigenvalue weighted by atomic mass is 32.1. The summed E-state index contributed by atoms with van der Waals surface area (Å²) in [5, 5.41) is 30.5. The molecular weight excluding hydrogens is 406 g/mol. The number of methoxy groups -OCH3 is 1. The van der Waals surface area contributed by atoms with E-state index in [0.29, 0.717) is 12.2 Å². The topological polar surface area (TPSA) is 97.4 Å². The van der Waals surface area contributed by atoms with Gasteiger partial charge in [-0.1, -0.05) is 24.3 Å². The molecular formula is C21H17N3O5S. The minimum atomic E-state index is -0.836. The van der Waals surface area contributed by atoms with E-state index in [1.165, 1.54) is 19.2 Å². The second-order valence-corrected chi connectivity index (χ2v) is 7.89. The second-order valence-electron chi connectivity index (χ2n) is 6.94. The molecule has 0 spiro atoms. The Hall–Kier alpha value is -3.59. The Kier molecular flexibility index (Phi) is 4.32. The zero-order valence-electron chi connectivity index (χ0n) is 15.9. The van der Waals surface area contributed by atoms with Crippen molar-refractivity contribution in [2.45, 2.75) is 18.7 Å². The minimum absolute atomic E-state index is 0.114. The van der Waals surface area contributed by atoms with Crippen LogP contribution in [-0.2, 0) is 0 Å². The van der Waals surface area contributed by atoms with Crippen LogP contribution in [0.5, 0.6) is 17.2 Å². The predicted molar refractivity (Wildman–Crippen MR) is 111 cm³/mol. The van der Waals surface area contributed by atoms with Gasteiger partial charge >= 0.3 is 5.69 Å². The van der Waals surface area contributed by atoms with Gasteiger partial charge in [-0.3, -0.25) is 10.1 Å².